The number of nitrogen functional groups attached to an aromatic ring is 3. The van der Waals surface area contributed by atoms with E-state index in [0.717, 1.165) is 201 Å². The van der Waals surface area contributed by atoms with Crippen molar-refractivity contribution in [3.05, 3.63) is 398 Å². The number of benzene rings is 11. The maximum absolute atomic E-state index is 12.9. The molecule has 144 heavy (non-hydrogen) atoms. The molecule has 1 saturated heterocycles. The van der Waals surface area contributed by atoms with E-state index < -0.39 is 5.97 Å². The fourth-order valence-corrected chi connectivity index (χ4v) is 18.1. The van der Waals surface area contributed by atoms with Crippen LogP contribution in [0.15, 0.2) is 320 Å². The molecule has 30 heteroatoms. The summed E-state index contributed by atoms with van der Waals surface area (Å²) in [6.07, 6.45) is 11.6. The number of hydrogen-bond donors (Lipinski definition) is 11. The van der Waals surface area contributed by atoms with Crippen molar-refractivity contribution < 1.29 is 33.4 Å². The third-order valence-electron chi connectivity index (χ3n) is 25.8. The molecule has 7 aliphatic heterocycles. The fraction of sp³-hybridized carbons (Fsp3) is 0.193. The summed E-state index contributed by atoms with van der Waals surface area (Å²) in [6, 6.07) is 88.6. The number of H-pyrrole nitrogens is 1. The molecular formula is C114H117N21O9. The highest BCUT2D eigenvalue weighted by Gasteiger charge is 2.32. The molecule has 0 radical (unpaired) electrons. The third-order valence-corrected chi connectivity index (χ3v) is 25.8. The molecule has 0 aliphatic carbocycles. The number of aromatic nitrogens is 7. The molecule has 1 fully saturated rings. The molecule has 0 saturated carbocycles. The molecule has 30 nitrogen and oxygen atoms in total. The summed E-state index contributed by atoms with van der Waals surface area (Å²) in [5, 5.41) is 21.9. The van der Waals surface area contributed by atoms with Crippen LogP contribution in [0.2, 0.25) is 0 Å². The quantitative estimate of drug-likeness (QED) is 0.0298. The summed E-state index contributed by atoms with van der Waals surface area (Å²) >= 11 is 0. The van der Waals surface area contributed by atoms with E-state index in [2.05, 4.69) is 159 Å². The molecule has 4 amide bonds. The SMILES string of the molecule is C.C=C1Cc2cc(Cc3ccc(OC)cc3)ccc2N1.C=C1Cc2ccc(CCCc3ccccc3)nc2N1.CN1C(=O)Cc2cc(Nc3ccccc3N)ccc21.COC(=O)c1cccc2c1CCN2C(=O)c1ccc2c(c1)NC(=O)C2.Cn1c(=O)[nH]c2ccc(Nc3ccccc3N)cc21.Cn1c(=O)n(C)c2cc(Nc3ccccc3N)ccc21.O=C1Cc2ccc(N3CCN(c4cccnc4)CC3)nc2N1. The number of methoxy groups -OCH3 is 2. The normalized spacial score (nSPS) is 13.4. The van der Waals surface area contributed by atoms with E-state index in [9.17, 15) is 33.6 Å². The maximum atomic E-state index is 12.9. The number of nitrogens with two attached hydrogens (primary N) is 3. The van der Waals surface area contributed by atoms with Crippen LogP contribution in [0.4, 0.5) is 97.1 Å². The smallest absolute Gasteiger partial charge is 0.338 e. The van der Waals surface area contributed by atoms with E-state index >= 15 is 0 Å². The first-order valence-electron chi connectivity index (χ1n) is 47.2. The number of pyridine rings is 3. The van der Waals surface area contributed by atoms with Crippen LogP contribution in [0, 0.1) is 0 Å². The van der Waals surface area contributed by atoms with Crippen molar-refractivity contribution in [2.24, 2.45) is 21.1 Å². The molecule has 23 rings (SSSR count). The monoisotopic (exact) mass is 1920 g/mol. The van der Waals surface area contributed by atoms with Crippen LogP contribution >= 0.6 is 0 Å². The number of anilines is 17. The van der Waals surface area contributed by atoms with Gasteiger partial charge in [-0.05, 0) is 229 Å². The van der Waals surface area contributed by atoms with Crippen molar-refractivity contribution in [2.45, 2.75) is 71.6 Å². The van der Waals surface area contributed by atoms with Crippen molar-refractivity contribution in [2.75, 3.05) is 128 Å². The summed E-state index contributed by atoms with van der Waals surface area (Å²) in [5.41, 5.74) is 47.9. The minimum Gasteiger partial charge on any atom is -0.497 e. The molecule has 5 aromatic heterocycles. The second-order valence-electron chi connectivity index (χ2n) is 35.6. The average Bonchev–Trinajstić information content (AvgIpc) is 1.63. The number of carbonyl (C=O) groups is 5. The predicted octanol–water partition coefficient (Wildman–Crippen LogP) is 18.5. The van der Waals surface area contributed by atoms with Gasteiger partial charge >= 0.3 is 17.3 Å². The lowest BCUT2D eigenvalue weighted by atomic mass is 10.0. The van der Waals surface area contributed by atoms with Crippen LogP contribution in [0.25, 0.3) is 22.1 Å². The van der Waals surface area contributed by atoms with Gasteiger partial charge in [-0.2, -0.15) is 0 Å². The van der Waals surface area contributed by atoms with E-state index in [4.69, 9.17) is 26.7 Å². The third kappa shape index (κ3) is 23.4. The molecular weight excluding hydrogens is 1810 g/mol. The second-order valence-corrected chi connectivity index (χ2v) is 35.6. The van der Waals surface area contributed by atoms with Gasteiger partial charge in [0, 0.05) is 154 Å². The fourth-order valence-electron chi connectivity index (χ4n) is 18.1. The predicted molar refractivity (Wildman–Crippen MR) is 579 cm³/mol. The minimum atomic E-state index is -0.397. The lowest BCUT2D eigenvalue weighted by molar-refractivity contribution is -0.117. The number of esters is 1. The van der Waals surface area contributed by atoms with Crippen LogP contribution in [0.5, 0.6) is 5.75 Å². The Morgan fingerprint density at radius 2 is 1.07 bits per heavy atom. The first kappa shape index (κ1) is 99.1. The van der Waals surface area contributed by atoms with Crippen LogP contribution in [0.3, 0.4) is 0 Å². The Morgan fingerprint density at radius 3 is 1.76 bits per heavy atom. The van der Waals surface area contributed by atoms with Gasteiger partial charge in [-0.3, -0.25) is 37.9 Å². The average molecular weight is 1930 g/mol. The first-order chi connectivity index (χ1) is 69.3. The maximum Gasteiger partial charge on any atom is 0.338 e. The number of piperazine rings is 1. The summed E-state index contributed by atoms with van der Waals surface area (Å²) in [4.78, 5) is 107. The molecule has 0 bridgehead atoms. The highest BCUT2D eigenvalue weighted by atomic mass is 16.5. The summed E-state index contributed by atoms with van der Waals surface area (Å²) < 4.78 is 14.8. The Bertz CT molecular complexity index is 7620. The van der Waals surface area contributed by atoms with Crippen molar-refractivity contribution in [3.63, 3.8) is 0 Å². The number of amides is 4. The number of carbonyl (C=O) groups excluding carboxylic acids is 5. The van der Waals surface area contributed by atoms with Gasteiger partial charge in [-0.15, -0.1) is 0 Å². The highest BCUT2D eigenvalue weighted by Crippen LogP contribution is 2.38. The summed E-state index contributed by atoms with van der Waals surface area (Å²) in [7, 11) is 10.1. The summed E-state index contributed by atoms with van der Waals surface area (Å²) in [5.74, 6) is 3.11. The van der Waals surface area contributed by atoms with Crippen molar-refractivity contribution >= 4 is 149 Å². The van der Waals surface area contributed by atoms with Gasteiger partial charge in [-0.1, -0.05) is 136 Å². The zero-order valence-electron chi connectivity index (χ0n) is 80.5. The number of para-hydroxylation sites is 6. The van der Waals surface area contributed by atoms with Gasteiger partial charge in [0.25, 0.3) is 5.91 Å². The Morgan fingerprint density at radius 1 is 0.465 bits per heavy atom. The molecule has 0 spiro atoms. The molecule has 12 heterocycles. The number of nitrogens with zero attached hydrogens (tertiary/aromatic N) is 10. The number of ether oxygens (including phenoxy) is 2. The van der Waals surface area contributed by atoms with E-state index in [0.29, 0.717) is 66.1 Å². The molecule has 732 valence electrons. The van der Waals surface area contributed by atoms with Crippen molar-refractivity contribution in [3.8, 4) is 5.75 Å². The van der Waals surface area contributed by atoms with Crippen LogP contribution in [-0.4, -0.2) is 117 Å². The minimum absolute atomic E-state index is 0. The largest absolute Gasteiger partial charge is 0.497 e. The van der Waals surface area contributed by atoms with E-state index in [1.54, 1.807) is 89.3 Å². The van der Waals surface area contributed by atoms with Crippen LogP contribution in [-0.2, 0) is 98.1 Å². The molecule has 11 aromatic carbocycles. The lowest BCUT2D eigenvalue weighted by Crippen LogP contribution is -2.46. The van der Waals surface area contributed by atoms with Crippen LogP contribution in [0.1, 0.15) is 90.3 Å². The number of hydrogen-bond acceptors (Lipinski definition) is 22. The Hall–Kier alpha value is -18.0. The standard InChI is InChI=1S/C19H16N2O4.C17H18N2.C17H17NO.C16H17N5O.C15H16N4O.C15H15N3O.C14H14N4O.CH4/c1-25-19(24)14-3-2-4-16-13(14)7-8-21(16)18(23)12-6-5-11-10-17(22)20-15(11)9-12;1-13-12-15-10-11-16(19-17(15)18-13)9-5-8-14-6-3-2-4-7-14;1-12-9-15-11-14(5-8-17(15)18-12)10-13-3-6-16(19-2)7-4-13;22-15-10-12-3-4-14(18-16(12)19-15)21-8-6-20(7-9-21)13-2-1-5-17-11-13;1-18-13-8-7-10(9-14(13)19(2)15(18)20)17-12-6-4-3-5-11(12)16;1-18-14-7-6-11(8-10(14)9-15(18)19)17-13-5-3-2-4-12(13)16;1-18-13-8-9(6-7-12(13)17-14(18)19)16-11-5-3-2-4-10(11)15;/h2-6,9H,7-8,10H2,1H3,(H,20,22);2-4,6-7,10-11H,1,5,8-9,12H2,(H,18,19);3-8,11,18H,1,9-10H2,2H3;1-5,11H,6-10H2,(H,18,19,22);3-9,17H,16H2,1-2H3;2-8,17H,9,16H2,1H3;2-8,16H,15H2,1H3,(H,17,19);1H4. The van der Waals surface area contributed by atoms with Crippen molar-refractivity contribution in [1.29, 1.82) is 0 Å². The Balaban J connectivity index is 0.000000121. The van der Waals surface area contributed by atoms with Gasteiger partial charge in [-0.25, -0.2) is 24.4 Å². The van der Waals surface area contributed by atoms with Crippen LogP contribution < -0.4 is 90.1 Å². The summed E-state index contributed by atoms with van der Waals surface area (Å²) in [6.45, 7) is 12.1. The number of rotatable bonds is 17. The van der Waals surface area contributed by atoms with Gasteiger partial charge in [0.05, 0.1) is 107 Å². The molecule has 14 N–H and O–H groups in total. The lowest BCUT2D eigenvalue weighted by Gasteiger charge is -2.36. The van der Waals surface area contributed by atoms with E-state index in [1.807, 2.05) is 176 Å². The number of fused-ring (bicyclic) bond motifs is 8. The second kappa shape index (κ2) is 44.9. The topological polar surface area (TPSA) is 382 Å². The highest BCUT2D eigenvalue weighted by molar-refractivity contribution is 6.10. The van der Waals surface area contributed by atoms with E-state index in [1.165, 1.54) is 40.6 Å². The zero-order chi connectivity index (χ0) is 99.9. The number of aromatic amines is 1. The molecule has 16 aromatic rings. The van der Waals surface area contributed by atoms with Crippen molar-refractivity contribution in [1.82, 2.24) is 33.6 Å². The molecule has 0 unspecified atom stereocenters. The van der Waals surface area contributed by atoms with Gasteiger partial charge < -0.3 is 88.5 Å². The zero-order valence-corrected chi connectivity index (χ0v) is 80.5. The van der Waals surface area contributed by atoms with Gasteiger partial charge in [0.1, 0.15) is 23.2 Å². The first-order valence-corrected chi connectivity index (χ1v) is 47.2. The molecule has 0 atom stereocenters. The number of likely N-dealkylation sites (N-methyl/N-ethyl adjacent to an activating group) is 1. The van der Waals surface area contributed by atoms with E-state index in [-0.39, 0.29) is 42.4 Å². The Labute approximate surface area is 835 Å². The number of imidazole rings is 2. The number of nitrogens with one attached hydrogen (secondary N) is 8. The Kier molecular flexibility index (Phi) is 30.9. The van der Waals surface area contributed by atoms with Gasteiger partial charge in [0.2, 0.25) is 17.7 Å². The number of aryl methyl sites for hydroxylation is 5. The van der Waals surface area contributed by atoms with Gasteiger partial charge in [0.15, 0.2) is 0 Å². The molecule has 7 aliphatic rings. The number of allylic oxidation sites excluding steroid dienone is 2.